The van der Waals surface area contributed by atoms with Crippen LogP contribution in [0.3, 0.4) is 0 Å². The highest BCUT2D eigenvalue weighted by Crippen LogP contribution is 2.27. The second-order valence-electron chi connectivity index (χ2n) is 6.68. The van der Waals surface area contributed by atoms with Crippen LogP contribution in [0, 0.1) is 5.82 Å². The first-order valence-electron chi connectivity index (χ1n) is 9.17. The molecule has 0 atom stereocenters. The van der Waals surface area contributed by atoms with Crippen molar-refractivity contribution < 1.29 is 32.3 Å². The molecule has 0 radical (unpaired) electrons. The molecular weight excluding hydrogens is 418 g/mol. The van der Waals surface area contributed by atoms with Crippen LogP contribution in [0.2, 0.25) is 0 Å². The van der Waals surface area contributed by atoms with E-state index < -0.39 is 12.1 Å². The van der Waals surface area contributed by atoms with Gasteiger partial charge in [-0.15, -0.1) is 0 Å². The van der Waals surface area contributed by atoms with Gasteiger partial charge in [-0.2, -0.15) is 13.2 Å². The van der Waals surface area contributed by atoms with Gasteiger partial charge in [0.1, 0.15) is 5.82 Å². The van der Waals surface area contributed by atoms with Gasteiger partial charge in [-0.05, 0) is 43.2 Å². The number of carbonyl (C=O) groups excluding carboxylic acids is 1. The number of carboxylic acids is 1. The minimum atomic E-state index is -5.08. The van der Waals surface area contributed by atoms with E-state index in [1.54, 1.807) is 12.3 Å². The molecule has 31 heavy (non-hydrogen) atoms. The van der Waals surface area contributed by atoms with Crippen molar-refractivity contribution in [1.29, 1.82) is 0 Å². The highest BCUT2D eigenvalue weighted by atomic mass is 19.4. The Balaban J connectivity index is 0.000000339. The Morgan fingerprint density at radius 3 is 2.52 bits per heavy atom. The summed E-state index contributed by atoms with van der Waals surface area (Å²) in [6.45, 7) is 0.704. The van der Waals surface area contributed by atoms with Gasteiger partial charge in [0.2, 0.25) is 0 Å². The minimum Gasteiger partial charge on any atom is -0.475 e. The van der Waals surface area contributed by atoms with E-state index in [-0.39, 0.29) is 11.7 Å². The molecule has 0 spiro atoms. The quantitative estimate of drug-likeness (QED) is 0.526. The van der Waals surface area contributed by atoms with E-state index in [0.29, 0.717) is 17.8 Å². The Labute approximate surface area is 173 Å². The number of fused-ring (bicyclic) bond motifs is 1. The Morgan fingerprint density at radius 2 is 1.84 bits per heavy atom. The summed E-state index contributed by atoms with van der Waals surface area (Å²) in [7, 11) is 0. The zero-order valence-electron chi connectivity index (χ0n) is 16.0. The summed E-state index contributed by atoms with van der Waals surface area (Å²) < 4.78 is 45.2. The van der Waals surface area contributed by atoms with E-state index in [1.807, 2.05) is 24.3 Å². The number of aliphatic carboxylic acids is 1. The van der Waals surface area contributed by atoms with Crippen molar-refractivity contribution in [3.8, 4) is 22.5 Å². The van der Waals surface area contributed by atoms with E-state index in [2.05, 4.69) is 15.3 Å². The van der Waals surface area contributed by atoms with E-state index in [0.717, 1.165) is 35.4 Å². The highest BCUT2D eigenvalue weighted by Gasteiger charge is 2.38. The number of carboxylic acid groups (broad SMARTS) is 1. The molecule has 0 aliphatic carbocycles. The maximum absolute atomic E-state index is 13.4. The van der Waals surface area contributed by atoms with Crippen molar-refractivity contribution in [2.45, 2.75) is 19.0 Å². The van der Waals surface area contributed by atoms with Crippen molar-refractivity contribution in [3.63, 3.8) is 0 Å². The maximum atomic E-state index is 13.4. The van der Waals surface area contributed by atoms with Gasteiger partial charge in [0.05, 0.1) is 11.3 Å². The molecular formula is C21H17F4N3O3. The van der Waals surface area contributed by atoms with Gasteiger partial charge in [-0.25, -0.2) is 9.18 Å². The Hall–Kier alpha value is -3.69. The number of aromatic amines is 1. The molecule has 3 heterocycles. The minimum absolute atomic E-state index is 0.0376. The number of hydrogen-bond acceptors (Lipinski definition) is 3. The number of nitrogens with zero attached hydrogens (tertiary/aromatic N) is 1. The van der Waals surface area contributed by atoms with Crippen LogP contribution in [0.1, 0.15) is 22.5 Å². The summed E-state index contributed by atoms with van der Waals surface area (Å²) in [5, 5.41) is 10.0. The molecule has 0 fully saturated rings. The number of H-pyrrole nitrogens is 1. The van der Waals surface area contributed by atoms with Crippen LogP contribution in [0.15, 0.2) is 48.7 Å². The number of alkyl halides is 3. The lowest BCUT2D eigenvalue weighted by Crippen LogP contribution is -2.22. The first kappa shape index (κ1) is 22.0. The third-order valence-corrected chi connectivity index (χ3v) is 4.47. The molecule has 2 aromatic heterocycles. The Morgan fingerprint density at radius 1 is 1.10 bits per heavy atom. The Bertz CT molecular complexity index is 1110. The largest absolute Gasteiger partial charge is 0.490 e. The van der Waals surface area contributed by atoms with Crippen molar-refractivity contribution in [2.75, 3.05) is 6.54 Å². The number of halogens is 4. The lowest BCUT2D eigenvalue weighted by Gasteiger charge is -2.04. The molecule has 4 rings (SSSR count). The lowest BCUT2D eigenvalue weighted by atomic mass is 10.1. The van der Waals surface area contributed by atoms with Crippen molar-refractivity contribution in [2.24, 2.45) is 0 Å². The maximum Gasteiger partial charge on any atom is 0.490 e. The number of carbonyl (C=O) groups is 2. The fraction of sp³-hybridized carbons (Fsp3) is 0.190. The average Bonchev–Trinajstić information content (AvgIpc) is 3.08. The van der Waals surface area contributed by atoms with Crippen LogP contribution in [0.5, 0.6) is 0 Å². The molecule has 0 unspecified atom stereocenters. The molecule has 0 saturated carbocycles. The van der Waals surface area contributed by atoms with Crippen molar-refractivity contribution in [3.05, 3.63) is 65.7 Å². The zero-order chi connectivity index (χ0) is 22.6. The average molecular weight is 435 g/mol. The first-order chi connectivity index (χ1) is 14.6. The number of pyridine rings is 1. The number of benzene rings is 1. The van der Waals surface area contributed by atoms with Crippen molar-refractivity contribution >= 4 is 11.9 Å². The van der Waals surface area contributed by atoms with Gasteiger partial charge >= 0.3 is 12.1 Å². The summed E-state index contributed by atoms with van der Waals surface area (Å²) in [5.41, 5.74) is 4.88. The highest BCUT2D eigenvalue weighted by molar-refractivity contribution is 5.97. The molecule has 3 N–H and O–H groups in total. The fourth-order valence-electron chi connectivity index (χ4n) is 3.02. The Kier molecular flexibility index (Phi) is 6.38. The molecule has 1 amide bonds. The van der Waals surface area contributed by atoms with Crippen LogP contribution in [0.4, 0.5) is 17.6 Å². The number of nitrogens with one attached hydrogen (secondary N) is 2. The molecule has 162 valence electrons. The standard InChI is InChI=1S/C19H16FN3O.C2HF3O2/c20-14-4-1-3-12(9-14)17-10-13(6-8-21-17)18-11-15-16(23-18)5-2-7-22-19(15)24;3-2(4,5)1(6)7/h1,3-4,6,8-11,23H,2,5,7H2,(H,22,24);(H,6,7). The topological polar surface area (TPSA) is 95.1 Å². The van der Waals surface area contributed by atoms with Gasteiger partial charge in [0, 0.05) is 35.3 Å². The summed E-state index contributed by atoms with van der Waals surface area (Å²) in [6, 6.07) is 12.0. The van der Waals surface area contributed by atoms with E-state index in [1.165, 1.54) is 12.1 Å². The molecule has 1 aliphatic rings. The van der Waals surface area contributed by atoms with Crippen LogP contribution in [0.25, 0.3) is 22.5 Å². The van der Waals surface area contributed by atoms with Crippen LogP contribution in [-0.2, 0) is 11.2 Å². The summed E-state index contributed by atoms with van der Waals surface area (Å²) in [5.74, 6) is -3.08. The van der Waals surface area contributed by atoms with Gasteiger partial charge in [0.15, 0.2) is 0 Å². The molecule has 1 aliphatic heterocycles. The predicted molar refractivity (Wildman–Crippen MR) is 104 cm³/mol. The van der Waals surface area contributed by atoms with Gasteiger partial charge in [-0.3, -0.25) is 9.78 Å². The van der Waals surface area contributed by atoms with Crippen LogP contribution >= 0.6 is 0 Å². The van der Waals surface area contributed by atoms with E-state index >= 15 is 0 Å². The molecule has 0 saturated heterocycles. The predicted octanol–water partition coefficient (Wildman–Crippen LogP) is 4.19. The lowest BCUT2D eigenvalue weighted by molar-refractivity contribution is -0.192. The van der Waals surface area contributed by atoms with E-state index in [9.17, 15) is 22.4 Å². The smallest absolute Gasteiger partial charge is 0.475 e. The first-order valence-corrected chi connectivity index (χ1v) is 9.17. The van der Waals surface area contributed by atoms with Crippen molar-refractivity contribution in [1.82, 2.24) is 15.3 Å². The normalized spacial score (nSPS) is 13.4. The zero-order valence-corrected chi connectivity index (χ0v) is 16.0. The third kappa shape index (κ3) is 5.47. The monoisotopic (exact) mass is 435 g/mol. The van der Waals surface area contributed by atoms with Gasteiger partial charge in [-0.1, -0.05) is 12.1 Å². The summed E-state index contributed by atoms with van der Waals surface area (Å²) >= 11 is 0. The fourth-order valence-corrected chi connectivity index (χ4v) is 3.02. The molecule has 10 heteroatoms. The number of amides is 1. The number of aromatic nitrogens is 2. The van der Waals surface area contributed by atoms with Crippen LogP contribution < -0.4 is 5.32 Å². The number of hydrogen-bond donors (Lipinski definition) is 3. The summed E-state index contributed by atoms with van der Waals surface area (Å²) in [4.78, 5) is 28.7. The number of rotatable bonds is 2. The van der Waals surface area contributed by atoms with Gasteiger partial charge < -0.3 is 15.4 Å². The van der Waals surface area contributed by atoms with Crippen LogP contribution in [-0.4, -0.2) is 39.7 Å². The molecule has 1 aromatic carbocycles. The molecule has 0 bridgehead atoms. The molecule has 3 aromatic rings. The second-order valence-corrected chi connectivity index (χ2v) is 6.68. The van der Waals surface area contributed by atoms with Gasteiger partial charge in [0.25, 0.3) is 5.91 Å². The number of aryl methyl sites for hydroxylation is 1. The second kappa shape index (κ2) is 8.99. The van der Waals surface area contributed by atoms with E-state index in [4.69, 9.17) is 9.90 Å². The third-order valence-electron chi connectivity index (χ3n) is 4.47. The summed E-state index contributed by atoms with van der Waals surface area (Å²) in [6.07, 6.45) is -1.62. The SMILES string of the molecule is O=C(O)C(F)(F)F.O=C1NCCCc2[nH]c(-c3ccnc(-c4cccc(F)c4)c3)cc21. The molecule has 6 nitrogen and oxygen atoms in total.